The monoisotopic (exact) mass is 268 g/mol. The van der Waals surface area contributed by atoms with Gasteiger partial charge in [0.25, 0.3) is 0 Å². The second kappa shape index (κ2) is 11.8. The van der Waals surface area contributed by atoms with E-state index in [-0.39, 0.29) is 0 Å². The van der Waals surface area contributed by atoms with Gasteiger partial charge >= 0.3 is 0 Å². The van der Waals surface area contributed by atoms with E-state index in [0.29, 0.717) is 0 Å². The van der Waals surface area contributed by atoms with E-state index in [4.69, 9.17) is 0 Å². The Bertz CT molecular complexity index is 180. The molecule has 0 heteroatoms. The van der Waals surface area contributed by atoms with Crippen LogP contribution in [0.5, 0.6) is 0 Å². The summed E-state index contributed by atoms with van der Waals surface area (Å²) in [6.45, 7) is 14.2. The van der Waals surface area contributed by atoms with Crippen molar-refractivity contribution in [2.24, 2.45) is 23.7 Å². The van der Waals surface area contributed by atoms with Gasteiger partial charge in [0.15, 0.2) is 0 Å². The lowest BCUT2D eigenvalue weighted by Crippen LogP contribution is -2.00. The molecule has 0 spiro atoms. The Morgan fingerprint density at radius 1 is 0.421 bits per heavy atom. The second-order valence-electron chi connectivity index (χ2n) is 7.79. The van der Waals surface area contributed by atoms with Gasteiger partial charge < -0.3 is 0 Å². The predicted molar refractivity (Wildman–Crippen MR) is 89.6 cm³/mol. The summed E-state index contributed by atoms with van der Waals surface area (Å²) < 4.78 is 0. The molecule has 2 unspecified atom stereocenters. The standard InChI is InChI=1S/C19H40/c1-16(2)10-9-13-18(5)11-7-8-12-19(6)15-14-17(3)4/h16-19H,7-15H2,1-6H3. The number of rotatable bonds is 12. The molecule has 0 saturated heterocycles. The first-order valence-electron chi connectivity index (χ1n) is 8.91. The maximum Gasteiger partial charge on any atom is -0.0443 e. The SMILES string of the molecule is CC(C)CCCC(C)CCCCC(C)CCC(C)C. The fourth-order valence-electron chi connectivity index (χ4n) is 2.77. The van der Waals surface area contributed by atoms with E-state index in [0.717, 1.165) is 23.7 Å². The van der Waals surface area contributed by atoms with Crippen LogP contribution >= 0.6 is 0 Å². The highest BCUT2D eigenvalue weighted by Crippen LogP contribution is 2.21. The summed E-state index contributed by atoms with van der Waals surface area (Å²) >= 11 is 0. The molecule has 0 aliphatic heterocycles. The Morgan fingerprint density at radius 3 is 1.32 bits per heavy atom. The van der Waals surface area contributed by atoms with Crippen LogP contribution in [0.3, 0.4) is 0 Å². The molecular weight excluding hydrogens is 228 g/mol. The minimum atomic E-state index is 0.878. The molecule has 2 atom stereocenters. The molecule has 0 heterocycles. The van der Waals surface area contributed by atoms with Gasteiger partial charge in [-0.25, -0.2) is 0 Å². The van der Waals surface area contributed by atoms with E-state index in [2.05, 4.69) is 41.5 Å². The summed E-state index contributed by atoms with van der Waals surface area (Å²) in [7, 11) is 0. The largest absolute Gasteiger partial charge is 0.0628 e. The first-order valence-corrected chi connectivity index (χ1v) is 8.91. The molecule has 19 heavy (non-hydrogen) atoms. The van der Waals surface area contributed by atoms with Gasteiger partial charge in [0.05, 0.1) is 0 Å². The van der Waals surface area contributed by atoms with Crippen LogP contribution in [0, 0.1) is 23.7 Å². The van der Waals surface area contributed by atoms with Crippen LogP contribution in [-0.4, -0.2) is 0 Å². The predicted octanol–water partition coefficient (Wildman–Crippen LogP) is 7.08. The summed E-state index contributed by atoms with van der Waals surface area (Å²) in [6, 6.07) is 0. The Morgan fingerprint density at radius 2 is 0.842 bits per heavy atom. The normalized spacial score (nSPS) is 15.2. The van der Waals surface area contributed by atoms with Crippen molar-refractivity contribution >= 4 is 0 Å². The fourth-order valence-corrected chi connectivity index (χ4v) is 2.77. The molecule has 0 aromatic carbocycles. The minimum Gasteiger partial charge on any atom is -0.0628 e. The first kappa shape index (κ1) is 19.0. The molecule has 0 bridgehead atoms. The molecule has 0 aliphatic carbocycles. The Hall–Kier alpha value is 0. The van der Waals surface area contributed by atoms with E-state index in [1.807, 2.05) is 0 Å². The van der Waals surface area contributed by atoms with E-state index >= 15 is 0 Å². The zero-order valence-electron chi connectivity index (χ0n) is 14.7. The van der Waals surface area contributed by atoms with Crippen LogP contribution in [0.2, 0.25) is 0 Å². The molecule has 0 aliphatic rings. The van der Waals surface area contributed by atoms with Crippen molar-refractivity contribution in [2.45, 2.75) is 99.3 Å². The van der Waals surface area contributed by atoms with Gasteiger partial charge in [-0.15, -0.1) is 0 Å². The Kier molecular flexibility index (Phi) is 11.8. The zero-order valence-corrected chi connectivity index (χ0v) is 14.7. The summed E-state index contributed by atoms with van der Waals surface area (Å²) in [5.41, 5.74) is 0. The maximum atomic E-state index is 2.45. The maximum absolute atomic E-state index is 2.45. The molecule has 0 saturated carbocycles. The van der Waals surface area contributed by atoms with Crippen molar-refractivity contribution in [3.63, 3.8) is 0 Å². The highest BCUT2D eigenvalue weighted by molar-refractivity contribution is 4.59. The average molecular weight is 269 g/mol. The van der Waals surface area contributed by atoms with Gasteiger partial charge in [0, 0.05) is 0 Å². The van der Waals surface area contributed by atoms with Gasteiger partial charge in [0.1, 0.15) is 0 Å². The molecule has 0 radical (unpaired) electrons. The van der Waals surface area contributed by atoms with Crippen LogP contribution in [0.25, 0.3) is 0 Å². The number of unbranched alkanes of at least 4 members (excludes halogenated alkanes) is 1. The summed E-state index contributed by atoms with van der Waals surface area (Å²) in [6.07, 6.45) is 12.9. The van der Waals surface area contributed by atoms with Crippen molar-refractivity contribution < 1.29 is 0 Å². The molecule has 0 rings (SSSR count). The van der Waals surface area contributed by atoms with Crippen LogP contribution < -0.4 is 0 Å². The zero-order chi connectivity index (χ0) is 14.7. The summed E-state index contributed by atoms with van der Waals surface area (Å²) in [5, 5.41) is 0. The quantitative estimate of drug-likeness (QED) is 0.332. The third-order valence-corrected chi connectivity index (χ3v) is 4.36. The summed E-state index contributed by atoms with van der Waals surface area (Å²) in [5.74, 6) is 3.65. The fraction of sp³-hybridized carbons (Fsp3) is 1.00. The number of hydrogen-bond acceptors (Lipinski definition) is 0. The van der Waals surface area contributed by atoms with Gasteiger partial charge in [0.2, 0.25) is 0 Å². The lowest BCUT2D eigenvalue weighted by Gasteiger charge is -2.14. The van der Waals surface area contributed by atoms with Crippen molar-refractivity contribution in [1.29, 1.82) is 0 Å². The highest BCUT2D eigenvalue weighted by Gasteiger charge is 2.06. The third-order valence-electron chi connectivity index (χ3n) is 4.36. The Labute approximate surface area is 123 Å². The van der Waals surface area contributed by atoms with Crippen molar-refractivity contribution in [3.8, 4) is 0 Å². The molecule has 0 nitrogen and oxygen atoms in total. The Balaban J connectivity index is 3.37. The van der Waals surface area contributed by atoms with Crippen LogP contribution in [-0.2, 0) is 0 Å². The first-order chi connectivity index (χ1) is 8.91. The van der Waals surface area contributed by atoms with Gasteiger partial charge in [-0.3, -0.25) is 0 Å². The van der Waals surface area contributed by atoms with Crippen molar-refractivity contribution in [1.82, 2.24) is 0 Å². The van der Waals surface area contributed by atoms with Crippen LogP contribution in [0.15, 0.2) is 0 Å². The molecule has 0 aromatic heterocycles. The van der Waals surface area contributed by atoms with Crippen LogP contribution in [0.1, 0.15) is 99.3 Å². The molecular formula is C19H40. The second-order valence-corrected chi connectivity index (χ2v) is 7.79. The van der Waals surface area contributed by atoms with Crippen molar-refractivity contribution in [3.05, 3.63) is 0 Å². The lowest BCUT2D eigenvalue weighted by molar-refractivity contribution is 0.386. The van der Waals surface area contributed by atoms with E-state index in [9.17, 15) is 0 Å². The van der Waals surface area contributed by atoms with E-state index in [1.54, 1.807) is 0 Å². The molecule has 0 N–H and O–H groups in total. The van der Waals surface area contributed by atoms with Gasteiger partial charge in [-0.2, -0.15) is 0 Å². The molecule has 0 amide bonds. The smallest absolute Gasteiger partial charge is 0.0443 e. The van der Waals surface area contributed by atoms with Gasteiger partial charge in [-0.05, 0) is 23.7 Å². The molecule has 0 fully saturated rings. The average Bonchev–Trinajstić information content (AvgIpc) is 2.31. The van der Waals surface area contributed by atoms with Crippen molar-refractivity contribution in [2.75, 3.05) is 0 Å². The van der Waals surface area contributed by atoms with E-state index < -0.39 is 0 Å². The molecule has 116 valence electrons. The van der Waals surface area contributed by atoms with E-state index in [1.165, 1.54) is 57.8 Å². The third kappa shape index (κ3) is 14.2. The highest BCUT2D eigenvalue weighted by atomic mass is 14.1. The van der Waals surface area contributed by atoms with Crippen LogP contribution in [0.4, 0.5) is 0 Å². The number of hydrogen-bond donors (Lipinski definition) is 0. The lowest BCUT2D eigenvalue weighted by atomic mass is 9.92. The topological polar surface area (TPSA) is 0 Å². The summed E-state index contributed by atoms with van der Waals surface area (Å²) in [4.78, 5) is 0. The minimum absolute atomic E-state index is 0.878. The van der Waals surface area contributed by atoms with Gasteiger partial charge in [-0.1, -0.05) is 99.3 Å². The molecule has 0 aromatic rings.